The second-order valence-electron chi connectivity index (χ2n) is 4.93. The molecule has 0 bridgehead atoms. The Balaban J connectivity index is 1.90. The summed E-state index contributed by atoms with van der Waals surface area (Å²) >= 11 is 1.65. The second-order valence-corrected chi connectivity index (χ2v) is 7.47. The molecule has 0 aliphatic carbocycles. The van der Waals surface area contributed by atoms with Crippen LogP contribution in [0.4, 0.5) is 5.82 Å². The highest BCUT2D eigenvalue weighted by atomic mass is 32.2. The van der Waals surface area contributed by atoms with Crippen molar-refractivity contribution in [3.63, 3.8) is 0 Å². The molecule has 3 rings (SSSR count). The van der Waals surface area contributed by atoms with E-state index in [4.69, 9.17) is 5.14 Å². The summed E-state index contributed by atoms with van der Waals surface area (Å²) in [6, 6.07) is 17.1. The number of nitrogens with two attached hydrogens (primary N) is 1. The Morgan fingerprint density at radius 1 is 1.04 bits per heavy atom. The van der Waals surface area contributed by atoms with Gasteiger partial charge in [-0.25, -0.2) is 18.5 Å². The van der Waals surface area contributed by atoms with E-state index in [1.54, 1.807) is 17.4 Å². The van der Waals surface area contributed by atoms with Crippen LogP contribution in [0.25, 0.3) is 0 Å². The number of hydrogen-bond donors (Lipinski definition) is 2. The number of anilines is 1. The van der Waals surface area contributed by atoms with Crippen LogP contribution in [-0.4, -0.2) is 13.4 Å². The van der Waals surface area contributed by atoms with Crippen LogP contribution in [0.1, 0.15) is 16.5 Å². The van der Waals surface area contributed by atoms with Crippen LogP contribution in [-0.2, 0) is 10.0 Å². The highest BCUT2D eigenvalue weighted by molar-refractivity contribution is 7.89. The van der Waals surface area contributed by atoms with Gasteiger partial charge in [0.2, 0.25) is 10.0 Å². The van der Waals surface area contributed by atoms with Gasteiger partial charge in [0.1, 0.15) is 10.7 Å². The number of aromatic nitrogens is 1. The lowest BCUT2D eigenvalue weighted by atomic mass is 10.1. The summed E-state index contributed by atoms with van der Waals surface area (Å²) in [5.74, 6) is 0.583. The number of nitrogens with zero attached hydrogens (tertiary/aromatic N) is 1. The maximum atomic E-state index is 11.3. The molecule has 0 amide bonds. The van der Waals surface area contributed by atoms with Crippen molar-refractivity contribution in [1.82, 2.24) is 4.98 Å². The molecule has 0 aliphatic heterocycles. The van der Waals surface area contributed by atoms with E-state index >= 15 is 0 Å². The summed E-state index contributed by atoms with van der Waals surface area (Å²) in [6.45, 7) is 0. The molecule has 0 radical (unpaired) electrons. The maximum absolute atomic E-state index is 11.3. The molecule has 0 spiro atoms. The highest BCUT2D eigenvalue weighted by Crippen LogP contribution is 2.29. The molecule has 2 heterocycles. The Labute approximate surface area is 138 Å². The summed E-state index contributed by atoms with van der Waals surface area (Å²) in [5.41, 5.74) is 1.10. The number of sulfonamides is 1. The SMILES string of the molecule is NS(=O)(=O)c1ccc(N[C@H](c2ccccc2)c2cccs2)nc1. The van der Waals surface area contributed by atoms with E-state index in [2.05, 4.69) is 10.3 Å². The standard InChI is InChI=1S/C16H15N3O2S2/c17-23(20,21)13-8-9-15(18-11-13)19-16(14-7-4-10-22-14)12-5-2-1-3-6-12/h1-11,16H,(H,18,19)(H2,17,20,21)/t16-/m1/s1. The monoisotopic (exact) mass is 345 g/mol. The number of rotatable bonds is 5. The third kappa shape index (κ3) is 3.76. The number of thiophene rings is 1. The minimum Gasteiger partial charge on any atom is -0.358 e. The van der Waals surface area contributed by atoms with Gasteiger partial charge in [0.25, 0.3) is 0 Å². The van der Waals surface area contributed by atoms with Gasteiger partial charge >= 0.3 is 0 Å². The Kier molecular flexibility index (Phi) is 4.42. The lowest BCUT2D eigenvalue weighted by Crippen LogP contribution is -2.14. The lowest BCUT2D eigenvalue weighted by Gasteiger charge is -2.18. The molecule has 0 saturated carbocycles. The van der Waals surface area contributed by atoms with Gasteiger partial charge < -0.3 is 5.32 Å². The normalized spacial score (nSPS) is 12.7. The van der Waals surface area contributed by atoms with Crippen molar-refractivity contribution >= 4 is 27.2 Å². The molecule has 0 aliphatic rings. The fourth-order valence-electron chi connectivity index (χ4n) is 2.20. The van der Waals surface area contributed by atoms with Gasteiger partial charge in [-0.3, -0.25) is 0 Å². The van der Waals surface area contributed by atoms with Crippen molar-refractivity contribution in [1.29, 1.82) is 0 Å². The molecule has 118 valence electrons. The van der Waals surface area contributed by atoms with Gasteiger partial charge in [0, 0.05) is 11.1 Å². The molecule has 1 atom stereocenters. The first-order chi connectivity index (χ1) is 11.0. The van der Waals surface area contributed by atoms with E-state index in [0.717, 1.165) is 10.4 Å². The zero-order valence-electron chi connectivity index (χ0n) is 12.1. The van der Waals surface area contributed by atoms with Crippen LogP contribution in [0.3, 0.4) is 0 Å². The quantitative estimate of drug-likeness (QED) is 0.744. The average Bonchev–Trinajstić information content (AvgIpc) is 3.07. The summed E-state index contributed by atoms with van der Waals surface area (Å²) < 4.78 is 22.6. The zero-order chi connectivity index (χ0) is 16.3. The predicted octanol–water partition coefficient (Wildman–Crippen LogP) is 2.99. The lowest BCUT2D eigenvalue weighted by molar-refractivity contribution is 0.597. The summed E-state index contributed by atoms with van der Waals surface area (Å²) in [7, 11) is -3.73. The van der Waals surface area contributed by atoms with Gasteiger partial charge in [0.05, 0.1) is 6.04 Å². The van der Waals surface area contributed by atoms with Gasteiger partial charge in [-0.15, -0.1) is 11.3 Å². The molecule has 7 heteroatoms. The van der Waals surface area contributed by atoms with E-state index in [1.165, 1.54) is 12.3 Å². The molecular formula is C16H15N3O2S2. The first-order valence-corrected chi connectivity index (χ1v) is 9.30. The molecule has 0 saturated heterocycles. The summed E-state index contributed by atoms with van der Waals surface area (Å²) in [5, 5.41) is 10.4. The Bertz CT molecular complexity index is 861. The van der Waals surface area contributed by atoms with Crippen molar-refractivity contribution in [2.24, 2.45) is 5.14 Å². The van der Waals surface area contributed by atoms with E-state index in [1.807, 2.05) is 47.8 Å². The number of hydrogen-bond acceptors (Lipinski definition) is 5. The molecule has 23 heavy (non-hydrogen) atoms. The molecular weight excluding hydrogens is 330 g/mol. The third-order valence-electron chi connectivity index (χ3n) is 3.32. The smallest absolute Gasteiger partial charge is 0.239 e. The van der Waals surface area contributed by atoms with E-state index in [0.29, 0.717) is 5.82 Å². The van der Waals surface area contributed by atoms with Crippen LogP contribution in [0.2, 0.25) is 0 Å². The maximum Gasteiger partial charge on any atom is 0.239 e. The molecule has 0 unspecified atom stereocenters. The van der Waals surface area contributed by atoms with Crippen LogP contribution in [0.15, 0.2) is 71.1 Å². The van der Waals surface area contributed by atoms with Gasteiger partial charge in [-0.1, -0.05) is 36.4 Å². The number of nitrogens with one attached hydrogen (secondary N) is 1. The van der Waals surface area contributed by atoms with Crippen LogP contribution >= 0.6 is 11.3 Å². The predicted molar refractivity (Wildman–Crippen MR) is 91.8 cm³/mol. The van der Waals surface area contributed by atoms with Crippen LogP contribution in [0, 0.1) is 0 Å². The average molecular weight is 345 g/mol. The van der Waals surface area contributed by atoms with Crippen LogP contribution < -0.4 is 10.5 Å². The fraction of sp³-hybridized carbons (Fsp3) is 0.0625. The molecule has 3 aromatic rings. The number of benzene rings is 1. The van der Waals surface area contributed by atoms with Crippen molar-refractivity contribution in [2.45, 2.75) is 10.9 Å². The largest absolute Gasteiger partial charge is 0.358 e. The molecule has 5 nitrogen and oxygen atoms in total. The topological polar surface area (TPSA) is 85.1 Å². The minimum atomic E-state index is -3.73. The van der Waals surface area contributed by atoms with E-state index in [-0.39, 0.29) is 10.9 Å². The van der Waals surface area contributed by atoms with Gasteiger partial charge in [-0.05, 0) is 29.1 Å². The van der Waals surface area contributed by atoms with E-state index in [9.17, 15) is 8.42 Å². The third-order valence-corrected chi connectivity index (χ3v) is 5.15. The second kappa shape index (κ2) is 6.49. The number of primary sulfonamides is 1. The molecule has 2 aromatic heterocycles. The first-order valence-electron chi connectivity index (χ1n) is 6.88. The van der Waals surface area contributed by atoms with Crippen molar-refractivity contribution in [3.05, 3.63) is 76.6 Å². The van der Waals surface area contributed by atoms with Crippen LogP contribution in [0.5, 0.6) is 0 Å². The Morgan fingerprint density at radius 2 is 1.83 bits per heavy atom. The van der Waals surface area contributed by atoms with Gasteiger partial charge in [0.15, 0.2) is 0 Å². The van der Waals surface area contributed by atoms with Crippen molar-refractivity contribution in [3.8, 4) is 0 Å². The highest BCUT2D eigenvalue weighted by Gasteiger charge is 2.16. The first kappa shape index (κ1) is 15.7. The number of pyridine rings is 1. The van der Waals surface area contributed by atoms with E-state index < -0.39 is 10.0 Å². The molecule has 0 fully saturated rings. The molecule has 1 aromatic carbocycles. The summed E-state index contributed by atoms with van der Waals surface area (Å²) in [4.78, 5) is 5.30. The Morgan fingerprint density at radius 3 is 2.39 bits per heavy atom. The minimum absolute atomic E-state index is 0.00423. The fourth-order valence-corrected chi connectivity index (χ4v) is 3.46. The van der Waals surface area contributed by atoms with Gasteiger partial charge in [-0.2, -0.15) is 0 Å². The summed E-state index contributed by atoms with van der Waals surface area (Å²) in [6.07, 6.45) is 1.26. The van der Waals surface area contributed by atoms with Crippen molar-refractivity contribution in [2.75, 3.05) is 5.32 Å². The van der Waals surface area contributed by atoms with Crippen molar-refractivity contribution < 1.29 is 8.42 Å². The zero-order valence-corrected chi connectivity index (χ0v) is 13.7. The Hall–Kier alpha value is -2.22. The molecule has 3 N–H and O–H groups in total.